The molecular weight excluding hydrogens is 422 g/mol. The van der Waals surface area contributed by atoms with E-state index in [-0.39, 0.29) is 5.91 Å². The molecule has 176 valence electrons. The summed E-state index contributed by atoms with van der Waals surface area (Å²) < 4.78 is 8.39. The van der Waals surface area contributed by atoms with E-state index >= 15 is 0 Å². The molecule has 34 heavy (non-hydrogen) atoms. The van der Waals surface area contributed by atoms with E-state index < -0.39 is 0 Å². The van der Waals surface area contributed by atoms with Gasteiger partial charge in [0.2, 0.25) is 0 Å². The Kier molecular flexibility index (Phi) is 7.63. The van der Waals surface area contributed by atoms with Crippen LogP contribution in [0.1, 0.15) is 53.5 Å². The summed E-state index contributed by atoms with van der Waals surface area (Å²) in [5.74, 6) is 2.33. The first-order chi connectivity index (χ1) is 16.5. The number of hydrogen-bond donors (Lipinski definition) is 1. The van der Waals surface area contributed by atoms with Crippen LogP contribution in [0.5, 0.6) is 5.75 Å². The third kappa shape index (κ3) is 5.48. The number of para-hydroxylation sites is 3. The summed E-state index contributed by atoms with van der Waals surface area (Å²) in [6.45, 7) is 8.31. The lowest BCUT2D eigenvalue weighted by Crippen LogP contribution is -2.27. The lowest BCUT2D eigenvalue weighted by atomic mass is 10.0. The smallest absolute Gasteiger partial charge is 0.251 e. The van der Waals surface area contributed by atoms with Crippen molar-refractivity contribution >= 4 is 16.9 Å². The van der Waals surface area contributed by atoms with Crippen LogP contribution in [-0.4, -0.2) is 28.6 Å². The lowest BCUT2D eigenvalue weighted by Gasteiger charge is -2.15. The number of nitrogens with zero attached hydrogens (tertiary/aromatic N) is 2. The third-order valence-electron chi connectivity index (χ3n) is 6.08. The van der Waals surface area contributed by atoms with Crippen LogP contribution in [0.15, 0.2) is 72.8 Å². The van der Waals surface area contributed by atoms with Crippen molar-refractivity contribution in [2.24, 2.45) is 0 Å². The van der Waals surface area contributed by atoms with E-state index in [1.165, 1.54) is 5.56 Å². The van der Waals surface area contributed by atoms with Gasteiger partial charge in [0.15, 0.2) is 0 Å². The molecule has 0 saturated heterocycles. The molecule has 0 fully saturated rings. The van der Waals surface area contributed by atoms with Gasteiger partial charge in [-0.15, -0.1) is 0 Å². The van der Waals surface area contributed by atoms with Gasteiger partial charge in [0.05, 0.1) is 17.6 Å². The van der Waals surface area contributed by atoms with Crippen molar-refractivity contribution in [3.8, 4) is 5.75 Å². The van der Waals surface area contributed by atoms with E-state index in [1.54, 1.807) is 0 Å². The first-order valence-corrected chi connectivity index (χ1v) is 12.0. The third-order valence-corrected chi connectivity index (χ3v) is 6.08. The quantitative estimate of drug-likeness (QED) is 0.303. The van der Waals surface area contributed by atoms with Gasteiger partial charge in [0, 0.05) is 25.1 Å². The van der Waals surface area contributed by atoms with E-state index in [9.17, 15) is 4.79 Å². The van der Waals surface area contributed by atoms with Crippen LogP contribution in [0.3, 0.4) is 0 Å². The monoisotopic (exact) mass is 455 g/mol. The number of nitrogens with one attached hydrogen (secondary N) is 1. The molecule has 0 spiro atoms. The molecule has 1 heterocycles. The fraction of sp³-hybridized carbons (Fsp3) is 0.310. The number of carbonyl (C=O) groups is 1. The number of amides is 1. The zero-order valence-corrected chi connectivity index (χ0v) is 20.3. The minimum atomic E-state index is -0.0435. The highest BCUT2D eigenvalue weighted by molar-refractivity contribution is 5.95. The van der Waals surface area contributed by atoms with Gasteiger partial charge in [-0.25, -0.2) is 4.98 Å². The molecule has 1 amide bonds. The second-order valence-electron chi connectivity index (χ2n) is 8.88. The van der Waals surface area contributed by atoms with E-state index in [0.29, 0.717) is 25.5 Å². The summed E-state index contributed by atoms with van der Waals surface area (Å²) in [6, 6.07) is 24.1. The fourth-order valence-electron chi connectivity index (χ4n) is 4.27. The van der Waals surface area contributed by atoms with Gasteiger partial charge in [-0.05, 0) is 54.7 Å². The molecule has 0 saturated carbocycles. The molecule has 1 N–H and O–H groups in total. The van der Waals surface area contributed by atoms with Gasteiger partial charge in [-0.2, -0.15) is 0 Å². The Morgan fingerprint density at radius 3 is 2.56 bits per heavy atom. The minimum absolute atomic E-state index is 0.0435. The maximum Gasteiger partial charge on any atom is 0.251 e. The zero-order valence-electron chi connectivity index (χ0n) is 20.3. The number of rotatable bonds is 10. The maximum atomic E-state index is 12.6. The molecule has 4 aromatic rings. The van der Waals surface area contributed by atoms with Crippen LogP contribution in [0, 0.1) is 6.92 Å². The van der Waals surface area contributed by atoms with Crippen LogP contribution in [-0.2, 0) is 13.0 Å². The highest BCUT2D eigenvalue weighted by Crippen LogP contribution is 2.26. The molecule has 0 radical (unpaired) electrons. The molecule has 0 aliphatic carbocycles. The van der Waals surface area contributed by atoms with Crippen LogP contribution >= 0.6 is 0 Å². The van der Waals surface area contributed by atoms with Gasteiger partial charge in [0.25, 0.3) is 5.91 Å². The summed E-state index contributed by atoms with van der Waals surface area (Å²) in [4.78, 5) is 17.4. The summed E-state index contributed by atoms with van der Waals surface area (Å²) >= 11 is 0. The molecule has 0 unspecified atom stereocenters. The van der Waals surface area contributed by atoms with Crippen molar-refractivity contribution in [1.29, 1.82) is 0 Å². The molecule has 4 rings (SSSR count). The van der Waals surface area contributed by atoms with Gasteiger partial charge in [0.1, 0.15) is 11.6 Å². The minimum Gasteiger partial charge on any atom is -0.493 e. The highest BCUT2D eigenvalue weighted by Gasteiger charge is 2.13. The Bertz CT molecular complexity index is 1260. The number of benzene rings is 3. The predicted molar refractivity (Wildman–Crippen MR) is 138 cm³/mol. The average molecular weight is 456 g/mol. The molecule has 5 heteroatoms. The number of hydrogen-bond acceptors (Lipinski definition) is 3. The average Bonchev–Trinajstić information content (AvgIpc) is 3.19. The van der Waals surface area contributed by atoms with E-state index in [1.807, 2.05) is 61.5 Å². The largest absolute Gasteiger partial charge is 0.493 e. The SMILES string of the molecule is Cc1ccccc1C(=O)NCCc1nc2ccccc2n1CCCOc1ccccc1C(C)C. The standard InChI is InChI=1S/C29H33N3O2/c1-21(2)23-12-6-9-16-27(23)34-20-10-19-32-26-15-8-7-14-25(26)31-28(32)17-18-30-29(33)24-13-5-4-11-22(24)3/h4-9,11-16,21H,10,17-20H2,1-3H3,(H,30,33). The molecule has 5 nitrogen and oxygen atoms in total. The summed E-state index contributed by atoms with van der Waals surface area (Å²) in [6.07, 6.45) is 1.54. The van der Waals surface area contributed by atoms with Gasteiger partial charge in [-0.3, -0.25) is 4.79 Å². The van der Waals surface area contributed by atoms with Crippen molar-refractivity contribution in [1.82, 2.24) is 14.9 Å². The highest BCUT2D eigenvalue weighted by atomic mass is 16.5. The first-order valence-electron chi connectivity index (χ1n) is 12.0. The summed E-state index contributed by atoms with van der Waals surface area (Å²) in [7, 11) is 0. The van der Waals surface area contributed by atoms with Crippen molar-refractivity contribution in [3.63, 3.8) is 0 Å². The Morgan fingerprint density at radius 1 is 1.00 bits per heavy atom. The lowest BCUT2D eigenvalue weighted by molar-refractivity contribution is 0.0953. The van der Waals surface area contributed by atoms with Crippen LogP contribution in [0.2, 0.25) is 0 Å². The van der Waals surface area contributed by atoms with Crippen LogP contribution in [0.4, 0.5) is 0 Å². The zero-order chi connectivity index (χ0) is 23.9. The van der Waals surface area contributed by atoms with Gasteiger partial charge >= 0.3 is 0 Å². The number of imidazole rings is 1. The normalized spacial score (nSPS) is 11.2. The number of carbonyl (C=O) groups excluding carboxylic acids is 1. The van der Waals surface area contributed by atoms with E-state index in [2.05, 4.69) is 41.9 Å². The molecule has 1 aromatic heterocycles. The first kappa shape index (κ1) is 23.6. The number of fused-ring (bicyclic) bond motifs is 1. The Hall–Kier alpha value is -3.60. The predicted octanol–water partition coefficient (Wildman–Crippen LogP) is 5.91. The molecule has 0 aliphatic rings. The molecule has 0 aliphatic heterocycles. The molecule has 0 bridgehead atoms. The van der Waals surface area contributed by atoms with E-state index in [4.69, 9.17) is 9.72 Å². The number of ether oxygens (including phenoxy) is 1. The van der Waals surface area contributed by atoms with Gasteiger partial charge < -0.3 is 14.6 Å². The molecule has 3 aromatic carbocycles. The van der Waals surface area contributed by atoms with Crippen molar-refractivity contribution in [3.05, 3.63) is 95.3 Å². The van der Waals surface area contributed by atoms with Crippen molar-refractivity contribution in [2.45, 2.75) is 46.1 Å². The topological polar surface area (TPSA) is 56.2 Å². The molecule has 0 atom stereocenters. The second kappa shape index (κ2) is 11.0. The second-order valence-corrected chi connectivity index (χ2v) is 8.88. The van der Waals surface area contributed by atoms with Crippen LogP contribution < -0.4 is 10.1 Å². The van der Waals surface area contributed by atoms with Crippen molar-refractivity contribution in [2.75, 3.05) is 13.2 Å². The Morgan fingerprint density at radius 2 is 1.74 bits per heavy atom. The fourth-order valence-corrected chi connectivity index (χ4v) is 4.27. The Balaban J connectivity index is 1.39. The number of aromatic nitrogens is 2. The van der Waals surface area contributed by atoms with Crippen LogP contribution in [0.25, 0.3) is 11.0 Å². The molecular formula is C29H33N3O2. The number of aryl methyl sites for hydroxylation is 2. The Labute approximate surface area is 201 Å². The summed E-state index contributed by atoms with van der Waals surface area (Å²) in [5.41, 5.74) is 5.03. The van der Waals surface area contributed by atoms with E-state index in [0.717, 1.165) is 46.7 Å². The summed E-state index contributed by atoms with van der Waals surface area (Å²) in [5, 5.41) is 3.05. The van der Waals surface area contributed by atoms with Crippen molar-refractivity contribution < 1.29 is 9.53 Å². The maximum absolute atomic E-state index is 12.6. The van der Waals surface area contributed by atoms with Gasteiger partial charge in [-0.1, -0.05) is 62.4 Å².